The van der Waals surface area contributed by atoms with Crippen molar-refractivity contribution >= 4 is 27.2 Å². The molecule has 1 aliphatic carbocycles. The van der Waals surface area contributed by atoms with Crippen LogP contribution in [0.2, 0.25) is 0 Å². The molecule has 0 amide bonds. The molecule has 0 unspecified atom stereocenters. The van der Waals surface area contributed by atoms with E-state index in [9.17, 15) is 0 Å². The van der Waals surface area contributed by atoms with Crippen molar-refractivity contribution in [3.63, 3.8) is 0 Å². The minimum Gasteiger partial charge on any atom is -0.366 e. The summed E-state index contributed by atoms with van der Waals surface area (Å²) < 4.78 is 1.27. The fraction of sp³-hybridized carbons (Fsp3) is 0.550. The highest BCUT2D eigenvalue weighted by atomic mass is 32.1. The standard InChI is InChI=1S/C20H27N3S/c1-5-7-18-16(6-2)17-12-13-21-20(19(17)24-18)22-14-8-10-15(11-9-14)23(3)4/h12-15H,6,8-11H2,1-4H3,(H,21,22). The van der Waals surface area contributed by atoms with Gasteiger partial charge < -0.3 is 10.2 Å². The lowest BCUT2D eigenvalue weighted by Crippen LogP contribution is -2.36. The van der Waals surface area contributed by atoms with Gasteiger partial charge in [-0.3, -0.25) is 0 Å². The molecule has 0 saturated heterocycles. The number of fused-ring (bicyclic) bond motifs is 1. The minimum absolute atomic E-state index is 0.534. The lowest BCUT2D eigenvalue weighted by Gasteiger charge is -2.33. The van der Waals surface area contributed by atoms with Gasteiger partial charge in [-0.1, -0.05) is 12.8 Å². The van der Waals surface area contributed by atoms with Crippen LogP contribution in [0.4, 0.5) is 5.82 Å². The summed E-state index contributed by atoms with van der Waals surface area (Å²) in [5.74, 6) is 7.37. The minimum atomic E-state index is 0.534. The Labute approximate surface area is 149 Å². The Bertz CT molecular complexity index is 758. The van der Waals surface area contributed by atoms with Crippen LogP contribution < -0.4 is 5.32 Å². The second kappa shape index (κ2) is 7.55. The number of nitrogens with one attached hydrogen (secondary N) is 1. The molecule has 0 bridgehead atoms. The third-order valence-electron chi connectivity index (χ3n) is 5.07. The van der Waals surface area contributed by atoms with E-state index in [0.29, 0.717) is 6.04 Å². The van der Waals surface area contributed by atoms with Crippen LogP contribution in [0.5, 0.6) is 0 Å². The van der Waals surface area contributed by atoms with E-state index in [-0.39, 0.29) is 0 Å². The predicted molar refractivity (Wildman–Crippen MR) is 105 cm³/mol. The fourth-order valence-electron chi connectivity index (χ4n) is 3.67. The largest absolute Gasteiger partial charge is 0.366 e. The van der Waals surface area contributed by atoms with Crippen molar-refractivity contribution in [3.8, 4) is 11.8 Å². The van der Waals surface area contributed by atoms with Crippen LogP contribution in [0.25, 0.3) is 10.1 Å². The van der Waals surface area contributed by atoms with Gasteiger partial charge in [0.1, 0.15) is 5.82 Å². The maximum atomic E-state index is 4.64. The van der Waals surface area contributed by atoms with Gasteiger partial charge in [0, 0.05) is 23.7 Å². The molecular weight excluding hydrogens is 314 g/mol. The van der Waals surface area contributed by atoms with Gasteiger partial charge >= 0.3 is 0 Å². The molecule has 0 spiro atoms. The average molecular weight is 342 g/mol. The lowest BCUT2D eigenvalue weighted by atomic mass is 9.90. The van der Waals surface area contributed by atoms with Crippen molar-refractivity contribution in [2.75, 3.05) is 19.4 Å². The Balaban J connectivity index is 1.84. The van der Waals surface area contributed by atoms with Gasteiger partial charge in [0.15, 0.2) is 0 Å². The topological polar surface area (TPSA) is 28.2 Å². The molecule has 2 heterocycles. The van der Waals surface area contributed by atoms with E-state index in [4.69, 9.17) is 0 Å². The Morgan fingerprint density at radius 3 is 2.67 bits per heavy atom. The van der Waals surface area contributed by atoms with Crippen LogP contribution >= 0.6 is 11.3 Å². The number of aromatic nitrogens is 1. The zero-order chi connectivity index (χ0) is 17.1. The summed E-state index contributed by atoms with van der Waals surface area (Å²) in [6.07, 6.45) is 7.91. The first-order chi connectivity index (χ1) is 11.6. The molecule has 1 aliphatic rings. The Morgan fingerprint density at radius 2 is 2.04 bits per heavy atom. The van der Waals surface area contributed by atoms with Crippen LogP contribution in [-0.4, -0.2) is 36.1 Å². The summed E-state index contributed by atoms with van der Waals surface area (Å²) in [5, 5.41) is 5.04. The van der Waals surface area contributed by atoms with E-state index < -0.39 is 0 Å². The zero-order valence-electron chi connectivity index (χ0n) is 15.1. The second-order valence-electron chi connectivity index (χ2n) is 6.79. The molecule has 2 aromatic heterocycles. The van der Waals surface area contributed by atoms with Crippen molar-refractivity contribution in [1.29, 1.82) is 0 Å². The Morgan fingerprint density at radius 1 is 1.29 bits per heavy atom. The summed E-state index contributed by atoms with van der Waals surface area (Å²) >= 11 is 1.79. The number of aryl methyl sites for hydroxylation is 1. The van der Waals surface area contributed by atoms with Crippen LogP contribution in [0.1, 0.15) is 50.0 Å². The maximum absolute atomic E-state index is 4.64. The molecule has 1 fully saturated rings. The zero-order valence-corrected chi connectivity index (χ0v) is 16.0. The monoisotopic (exact) mass is 341 g/mol. The third-order valence-corrected chi connectivity index (χ3v) is 6.24. The SMILES string of the molecule is CC#Cc1sc2c(NC3CCC(N(C)C)CC3)nccc2c1CC. The molecule has 4 heteroatoms. The summed E-state index contributed by atoms with van der Waals surface area (Å²) in [5.41, 5.74) is 1.37. The highest BCUT2D eigenvalue weighted by Gasteiger charge is 2.23. The molecule has 1 saturated carbocycles. The van der Waals surface area contributed by atoms with E-state index in [1.807, 2.05) is 13.1 Å². The summed E-state index contributed by atoms with van der Waals surface area (Å²) in [4.78, 5) is 8.20. The number of hydrogen-bond acceptors (Lipinski definition) is 4. The molecule has 128 valence electrons. The van der Waals surface area contributed by atoms with Gasteiger partial charge in [0.25, 0.3) is 0 Å². The van der Waals surface area contributed by atoms with E-state index >= 15 is 0 Å². The van der Waals surface area contributed by atoms with Gasteiger partial charge in [-0.05, 0) is 64.8 Å². The molecule has 3 nitrogen and oxygen atoms in total. The molecule has 24 heavy (non-hydrogen) atoms. The van der Waals surface area contributed by atoms with Gasteiger partial charge in [-0.25, -0.2) is 4.98 Å². The molecule has 3 rings (SSSR count). The molecule has 0 aromatic carbocycles. The molecule has 0 aliphatic heterocycles. The number of pyridine rings is 1. The van der Waals surface area contributed by atoms with E-state index in [1.54, 1.807) is 11.3 Å². The highest BCUT2D eigenvalue weighted by molar-refractivity contribution is 7.20. The highest BCUT2D eigenvalue weighted by Crippen LogP contribution is 2.36. The number of anilines is 1. The molecule has 2 aromatic rings. The average Bonchev–Trinajstić information content (AvgIpc) is 2.94. The van der Waals surface area contributed by atoms with Gasteiger partial charge in [-0.2, -0.15) is 0 Å². The van der Waals surface area contributed by atoms with E-state index in [1.165, 1.54) is 46.2 Å². The van der Waals surface area contributed by atoms with E-state index in [0.717, 1.165) is 18.3 Å². The fourth-order valence-corrected chi connectivity index (χ4v) is 4.92. The van der Waals surface area contributed by atoms with Gasteiger partial charge in [0.05, 0.1) is 9.58 Å². The van der Waals surface area contributed by atoms with Crippen molar-refractivity contribution in [3.05, 3.63) is 22.7 Å². The van der Waals surface area contributed by atoms with Gasteiger partial charge in [0.2, 0.25) is 0 Å². The van der Waals surface area contributed by atoms with Crippen LogP contribution in [0, 0.1) is 11.8 Å². The van der Waals surface area contributed by atoms with Crippen molar-refractivity contribution in [1.82, 2.24) is 9.88 Å². The first-order valence-corrected chi connectivity index (χ1v) is 9.71. The van der Waals surface area contributed by atoms with Crippen LogP contribution in [-0.2, 0) is 6.42 Å². The number of nitrogens with zero attached hydrogens (tertiary/aromatic N) is 2. The summed E-state index contributed by atoms with van der Waals surface area (Å²) in [6.45, 7) is 4.11. The summed E-state index contributed by atoms with van der Waals surface area (Å²) in [7, 11) is 4.38. The third kappa shape index (κ3) is 3.43. The normalized spacial score (nSPS) is 20.9. The molecular formula is C20H27N3S. The summed E-state index contributed by atoms with van der Waals surface area (Å²) in [6, 6.07) is 3.40. The Hall–Kier alpha value is -1.57. The number of rotatable bonds is 4. The van der Waals surface area contributed by atoms with E-state index in [2.05, 4.69) is 54.1 Å². The molecule has 1 N–H and O–H groups in total. The first kappa shape index (κ1) is 17.3. The van der Waals surface area contributed by atoms with Crippen LogP contribution in [0.3, 0.4) is 0 Å². The quantitative estimate of drug-likeness (QED) is 0.829. The Kier molecular flexibility index (Phi) is 5.43. The molecule has 0 radical (unpaired) electrons. The lowest BCUT2D eigenvalue weighted by molar-refractivity contribution is 0.221. The van der Waals surface area contributed by atoms with Crippen molar-refractivity contribution < 1.29 is 0 Å². The van der Waals surface area contributed by atoms with Crippen molar-refractivity contribution in [2.45, 2.75) is 58.0 Å². The number of thiophene rings is 1. The maximum Gasteiger partial charge on any atom is 0.144 e. The van der Waals surface area contributed by atoms with Gasteiger partial charge in [-0.15, -0.1) is 17.3 Å². The second-order valence-corrected chi connectivity index (χ2v) is 7.81. The predicted octanol–water partition coefficient (Wildman–Crippen LogP) is 4.51. The smallest absolute Gasteiger partial charge is 0.144 e. The number of hydrogen-bond donors (Lipinski definition) is 1. The van der Waals surface area contributed by atoms with Crippen molar-refractivity contribution in [2.24, 2.45) is 0 Å². The van der Waals surface area contributed by atoms with Crippen LogP contribution in [0.15, 0.2) is 12.3 Å². The molecule has 0 atom stereocenters. The first-order valence-electron chi connectivity index (χ1n) is 8.90.